The summed E-state index contributed by atoms with van der Waals surface area (Å²) in [5, 5.41) is 0. The van der Waals surface area contributed by atoms with E-state index in [0.29, 0.717) is 31.5 Å². The molecule has 1 fully saturated rings. The van der Waals surface area contributed by atoms with Crippen molar-refractivity contribution >= 4 is 17.8 Å². The molecule has 1 unspecified atom stereocenters. The molecule has 6 heteroatoms. The van der Waals surface area contributed by atoms with Gasteiger partial charge in [0.05, 0.1) is 6.04 Å². The first-order valence-corrected chi connectivity index (χ1v) is 9.62. The third-order valence-corrected chi connectivity index (χ3v) is 5.15. The average Bonchev–Trinajstić information content (AvgIpc) is 2.91. The molecule has 1 saturated carbocycles. The number of carbonyl (C=O) groups is 3. The van der Waals surface area contributed by atoms with Crippen molar-refractivity contribution in [2.24, 2.45) is 0 Å². The van der Waals surface area contributed by atoms with Crippen LogP contribution in [0, 0.1) is 0 Å². The van der Waals surface area contributed by atoms with Gasteiger partial charge in [-0.3, -0.25) is 9.59 Å². The summed E-state index contributed by atoms with van der Waals surface area (Å²) in [6, 6.07) is 5.15. The van der Waals surface area contributed by atoms with Crippen molar-refractivity contribution in [1.29, 1.82) is 0 Å². The predicted molar refractivity (Wildman–Crippen MR) is 106 cm³/mol. The summed E-state index contributed by atoms with van der Waals surface area (Å²) < 4.78 is 5.41. The lowest BCUT2D eigenvalue weighted by Gasteiger charge is -2.30. The number of hydrogen-bond donors (Lipinski definition) is 0. The van der Waals surface area contributed by atoms with E-state index in [-0.39, 0.29) is 17.7 Å². The topological polar surface area (TPSA) is 66.9 Å². The summed E-state index contributed by atoms with van der Waals surface area (Å²) in [7, 11) is 1.68. The van der Waals surface area contributed by atoms with Gasteiger partial charge in [0.25, 0.3) is 5.91 Å². The maximum atomic E-state index is 12.9. The van der Waals surface area contributed by atoms with Crippen LogP contribution in [0.5, 0.6) is 0 Å². The summed E-state index contributed by atoms with van der Waals surface area (Å²) in [4.78, 5) is 40.8. The summed E-state index contributed by atoms with van der Waals surface area (Å²) in [5.41, 5.74) is 2.77. The molecule has 28 heavy (non-hydrogen) atoms. The van der Waals surface area contributed by atoms with Gasteiger partial charge in [-0.1, -0.05) is 24.3 Å². The number of hydrogen-bond acceptors (Lipinski definition) is 4. The molecule has 0 saturated heterocycles. The quantitative estimate of drug-likeness (QED) is 0.746. The molecule has 0 bridgehead atoms. The lowest BCUT2D eigenvalue weighted by Crippen LogP contribution is -2.43. The van der Waals surface area contributed by atoms with E-state index in [1.165, 1.54) is 4.90 Å². The Morgan fingerprint density at radius 1 is 1.32 bits per heavy atom. The van der Waals surface area contributed by atoms with Crippen LogP contribution in [0.15, 0.2) is 30.4 Å². The van der Waals surface area contributed by atoms with Crippen LogP contribution < -0.4 is 0 Å². The zero-order valence-electron chi connectivity index (χ0n) is 17.1. The SMILES string of the molecule is C=C1CCC(N2Cc3c(CN(C)C(=O)OC(C)(C)C)cccc3C2=O)C(=O)C1. The molecule has 0 aromatic heterocycles. The van der Waals surface area contributed by atoms with E-state index in [2.05, 4.69) is 6.58 Å². The van der Waals surface area contributed by atoms with Gasteiger partial charge in [0.15, 0.2) is 5.78 Å². The van der Waals surface area contributed by atoms with Gasteiger partial charge in [-0.25, -0.2) is 4.79 Å². The Morgan fingerprint density at radius 3 is 2.68 bits per heavy atom. The number of rotatable bonds is 3. The molecule has 1 aliphatic heterocycles. The van der Waals surface area contributed by atoms with Crippen molar-refractivity contribution in [3.05, 3.63) is 47.0 Å². The lowest BCUT2D eigenvalue weighted by atomic mass is 9.89. The van der Waals surface area contributed by atoms with Crippen LogP contribution in [0.25, 0.3) is 0 Å². The second-order valence-electron chi connectivity index (χ2n) is 8.66. The van der Waals surface area contributed by atoms with Gasteiger partial charge in [-0.2, -0.15) is 0 Å². The maximum Gasteiger partial charge on any atom is 0.410 e. The van der Waals surface area contributed by atoms with Gasteiger partial charge in [0.1, 0.15) is 5.60 Å². The molecule has 1 aliphatic carbocycles. The molecule has 1 atom stereocenters. The van der Waals surface area contributed by atoms with Crippen molar-refractivity contribution in [3.63, 3.8) is 0 Å². The average molecular weight is 384 g/mol. The minimum Gasteiger partial charge on any atom is -0.444 e. The molecule has 0 radical (unpaired) electrons. The molecular weight excluding hydrogens is 356 g/mol. The molecular formula is C22H28N2O4. The Balaban J connectivity index is 1.78. The van der Waals surface area contributed by atoms with Crippen LogP contribution >= 0.6 is 0 Å². The molecule has 150 valence electrons. The van der Waals surface area contributed by atoms with Gasteiger partial charge >= 0.3 is 6.09 Å². The lowest BCUT2D eigenvalue weighted by molar-refractivity contribution is -0.124. The van der Waals surface area contributed by atoms with Crippen LogP contribution in [0.3, 0.4) is 0 Å². The summed E-state index contributed by atoms with van der Waals surface area (Å²) in [5.74, 6) is -0.0486. The Kier molecular flexibility index (Phi) is 5.33. The zero-order valence-corrected chi connectivity index (χ0v) is 17.1. The predicted octanol–water partition coefficient (Wildman–Crippen LogP) is 3.69. The van der Waals surface area contributed by atoms with Gasteiger partial charge < -0.3 is 14.5 Å². The van der Waals surface area contributed by atoms with Crippen molar-refractivity contribution in [1.82, 2.24) is 9.80 Å². The number of amides is 2. The number of nitrogens with zero attached hydrogens (tertiary/aromatic N) is 2. The number of carbonyl (C=O) groups excluding carboxylic acids is 3. The fourth-order valence-electron chi connectivity index (χ4n) is 3.76. The smallest absolute Gasteiger partial charge is 0.410 e. The second kappa shape index (κ2) is 7.41. The first-order valence-electron chi connectivity index (χ1n) is 9.62. The molecule has 6 nitrogen and oxygen atoms in total. The number of allylic oxidation sites excluding steroid dienone is 1. The number of fused-ring (bicyclic) bond motifs is 1. The number of Topliss-reactive ketones (excluding diaryl/α,β-unsaturated/α-hetero) is 1. The largest absolute Gasteiger partial charge is 0.444 e. The Morgan fingerprint density at radius 2 is 2.04 bits per heavy atom. The molecule has 2 aliphatic rings. The van der Waals surface area contributed by atoms with Crippen molar-refractivity contribution in [2.75, 3.05) is 7.05 Å². The highest BCUT2D eigenvalue weighted by molar-refractivity contribution is 6.02. The van der Waals surface area contributed by atoms with Gasteiger partial charge in [0.2, 0.25) is 0 Å². The molecule has 2 amide bonds. The van der Waals surface area contributed by atoms with E-state index in [4.69, 9.17) is 4.74 Å². The van der Waals surface area contributed by atoms with Crippen LogP contribution in [-0.4, -0.2) is 46.3 Å². The first-order chi connectivity index (χ1) is 13.1. The number of benzene rings is 1. The highest BCUT2D eigenvalue weighted by Gasteiger charge is 2.38. The van der Waals surface area contributed by atoms with Crippen molar-refractivity contribution < 1.29 is 19.1 Å². The third kappa shape index (κ3) is 4.11. The van der Waals surface area contributed by atoms with Crippen LogP contribution in [0.1, 0.15) is 61.5 Å². The molecule has 1 aromatic carbocycles. The minimum atomic E-state index is -0.567. The molecule has 0 spiro atoms. The molecule has 1 aromatic rings. The van der Waals surface area contributed by atoms with E-state index in [9.17, 15) is 14.4 Å². The highest BCUT2D eigenvalue weighted by atomic mass is 16.6. The standard InChI is InChI=1S/C22H28N2O4/c1-14-9-10-18(19(25)11-14)24-13-17-15(7-6-8-16(17)20(24)26)12-23(5)21(27)28-22(2,3)4/h6-8,18H,1,9-13H2,2-5H3. The first kappa shape index (κ1) is 20.1. The number of ketones is 1. The number of ether oxygens (including phenoxy) is 1. The molecule has 3 rings (SSSR count). The fraction of sp³-hybridized carbons (Fsp3) is 0.500. The van der Waals surface area contributed by atoms with Crippen molar-refractivity contribution in [2.45, 2.75) is 64.8 Å². The van der Waals surface area contributed by atoms with Crippen molar-refractivity contribution in [3.8, 4) is 0 Å². The third-order valence-electron chi connectivity index (χ3n) is 5.15. The monoisotopic (exact) mass is 384 g/mol. The van der Waals surface area contributed by atoms with E-state index >= 15 is 0 Å². The Labute approximate surface area is 166 Å². The van der Waals surface area contributed by atoms with Crippen LogP contribution in [0.2, 0.25) is 0 Å². The Bertz CT molecular complexity index is 837. The minimum absolute atomic E-state index is 0.0600. The van der Waals surface area contributed by atoms with Crippen LogP contribution in [0.4, 0.5) is 4.79 Å². The summed E-state index contributed by atoms with van der Waals surface area (Å²) in [6.07, 6.45) is 1.33. The highest BCUT2D eigenvalue weighted by Crippen LogP contribution is 2.32. The van der Waals surface area contributed by atoms with E-state index < -0.39 is 11.7 Å². The molecule has 1 heterocycles. The second-order valence-corrected chi connectivity index (χ2v) is 8.66. The maximum absolute atomic E-state index is 12.9. The van der Waals surface area contributed by atoms with Gasteiger partial charge in [0, 0.05) is 32.1 Å². The molecule has 0 N–H and O–H groups in total. The van der Waals surface area contributed by atoms with Crippen LogP contribution in [-0.2, 0) is 22.6 Å². The van der Waals surface area contributed by atoms with Gasteiger partial charge in [-0.15, -0.1) is 0 Å². The summed E-state index contributed by atoms with van der Waals surface area (Å²) >= 11 is 0. The Hall–Kier alpha value is -2.63. The normalized spacial score (nSPS) is 19.6. The van der Waals surface area contributed by atoms with E-state index in [0.717, 1.165) is 23.1 Å². The van der Waals surface area contributed by atoms with E-state index in [1.807, 2.05) is 32.9 Å². The van der Waals surface area contributed by atoms with E-state index in [1.54, 1.807) is 18.0 Å². The fourth-order valence-corrected chi connectivity index (χ4v) is 3.76. The summed E-state index contributed by atoms with van der Waals surface area (Å²) in [6.45, 7) is 10.1. The zero-order chi connectivity index (χ0) is 20.6. The van der Waals surface area contributed by atoms with Gasteiger partial charge in [-0.05, 0) is 50.8 Å².